The normalized spacial score (nSPS) is 17.9. The second-order valence-corrected chi connectivity index (χ2v) is 8.68. The third-order valence-corrected chi connectivity index (χ3v) is 6.52. The van der Waals surface area contributed by atoms with Crippen LogP contribution in [0.4, 0.5) is 0 Å². The molecule has 0 saturated carbocycles. The molecule has 0 aliphatic heterocycles. The number of aryl methyl sites for hydroxylation is 2. The average Bonchev–Trinajstić information content (AvgIpc) is 2.83. The van der Waals surface area contributed by atoms with E-state index in [-0.39, 0.29) is 18.6 Å². The van der Waals surface area contributed by atoms with Crippen LogP contribution in [0.1, 0.15) is 55.0 Å². The number of hydrogen-bond acceptors (Lipinski definition) is 5. The minimum Gasteiger partial charge on any atom is -0.489 e. The van der Waals surface area contributed by atoms with Crippen LogP contribution in [0.25, 0.3) is 0 Å². The first-order valence-corrected chi connectivity index (χ1v) is 11.4. The van der Waals surface area contributed by atoms with E-state index in [0.29, 0.717) is 23.3 Å². The third kappa shape index (κ3) is 5.14. The van der Waals surface area contributed by atoms with Gasteiger partial charge in [0.2, 0.25) is 0 Å². The number of allylic oxidation sites excluding steroid dienone is 2. The molecule has 1 atom stereocenters. The number of rotatable bonds is 9. The van der Waals surface area contributed by atoms with Crippen LogP contribution in [-0.2, 0) is 32.9 Å². The molecule has 3 rings (SSSR count). The summed E-state index contributed by atoms with van der Waals surface area (Å²) < 4.78 is 6.20. The lowest BCUT2D eigenvalue weighted by atomic mass is 9.69. The van der Waals surface area contributed by atoms with E-state index in [0.717, 1.165) is 28.0 Å². The van der Waals surface area contributed by atoms with Crippen molar-refractivity contribution in [1.82, 2.24) is 0 Å². The zero-order chi connectivity index (χ0) is 25.8. The Labute approximate surface area is 205 Å². The van der Waals surface area contributed by atoms with Gasteiger partial charge in [0.1, 0.15) is 24.9 Å². The predicted octanol–water partition coefficient (Wildman–Crippen LogP) is 5.19. The van der Waals surface area contributed by atoms with Crippen LogP contribution in [0.3, 0.4) is 0 Å². The van der Waals surface area contributed by atoms with Crippen LogP contribution in [-0.4, -0.2) is 35.0 Å². The maximum Gasteiger partial charge on any atom is 0.331 e. The molecule has 184 valence electrons. The number of benzene rings is 2. The monoisotopic (exact) mass is 477 g/mol. The van der Waals surface area contributed by atoms with Crippen molar-refractivity contribution in [3.05, 3.63) is 87.5 Å². The minimum absolute atomic E-state index is 0.100. The van der Waals surface area contributed by atoms with Crippen LogP contribution in [0.5, 0.6) is 5.75 Å². The molecule has 0 heterocycles. The summed E-state index contributed by atoms with van der Waals surface area (Å²) >= 11 is 0. The van der Waals surface area contributed by atoms with Crippen molar-refractivity contribution in [2.75, 3.05) is 7.11 Å². The van der Waals surface area contributed by atoms with Crippen LogP contribution >= 0.6 is 0 Å². The fraction of sp³-hybridized carbons (Fsp3) is 0.321. The summed E-state index contributed by atoms with van der Waals surface area (Å²) in [5.41, 5.74) is 3.97. The van der Waals surface area contributed by atoms with E-state index in [4.69, 9.17) is 9.57 Å². The van der Waals surface area contributed by atoms with Crippen molar-refractivity contribution in [2.45, 2.75) is 52.6 Å². The lowest BCUT2D eigenvalue weighted by Gasteiger charge is -2.33. The summed E-state index contributed by atoms with van der Waals surface area (Å²) in [5, 5.41) is 24.0. The van der Waals surface area contributed by atoms with Gasteiger partial charge >= 0.3 is 11.9 Å². The molecule has 0 saturated heterocycles. The zero-order valence-corrected chi connectivity index (χ0v) is 20.7. The van der Waals surface area contributed by atoms with Gasteiger partial charge in [-0.05, 0) is 78.8 Å². The number of ether oxygens (including phenoxy) is 1. The van der Waals surface area contributed by atoms with E-state index in [1.807, 2.05) is 51.1 Å². The van der Waals surface area contributed by atoms with Crippen molar-refractivity contribution in [2.24, 2.45) is 5.16 Å². The first kappa shape index (κ1) is 25.7. The first-order valence-electron chi connectivity index (χ1n) is 11.4. The Bertz CT molecular complexity index is 1240. The van der Waals surface area contributed by atoms with Gasteiger partial charge in [-0.15, -0.1) is 0 Å². The minimum atomic E-state index is -1.50. The van der Waals surface area contributed by atoms with Gasteiger partial charge in [-0.25, -0.2) is 4.79 Å². The van der Waals surface area contributed by atoms with Crippen LogP contribution in [0, 0.1) is 6.92 Å². The average molecular weight is 478 g/mol. The fourth-order valence-corrected chi connectivity index (χ4v) is 4.47. The molecule has 0 amide bonds. The van der Waals surface area contributed by atoms with Crippen molar-refractivity contribution in [3.8, 4) is 5.75 Å². The molecule has 2 aromatic carbocycles. The summed E-state index contributed by atoms with van der Waals surface area (Å²) in [4.78, 5) is 29.4. The molecular formula is C28H31NO6. The molecule has 0 aromatic heterocycles. The quantitative estimate of drug-likeness (QED) is 0.380. The highest BCUT2D eigenvalue weighted by atomic mass is 16.6. The Morgan fingerprint density at radius 3 is 2.49 bits per heavy atom. The topological polar surface area (TPSA) is 105 Å². The lowest BCUT2D eigenvalue weighted by Crippen LogP contribution is -2.38. The largest absolute Gasteiger partial charge is 0.489 e. The zero-order valence-electron chi connectivity index (χ0n) is 20.7. The molecule has 0 spiro atoms. The first-order chi connectivity index (χ1) is 16.6. The van der Waals surface area contributed by atoms with Crippen molar-refractivity contribution >= 4 is 17.7 Å². The van der Waals surface area contributed by atoms with Gasteiger partial charge in [-0.3, -0.25) is 4.79 Å². The van der Waals surface area contributed by atoms with Crippen molar-refractivity contribution in [3.63, 3.8) is 0 Å². The number of oxime groups is 1. The van der Waals surface area contributed by atoms with E-state index in [1.165, 1.54) is 7.11 Å². The molecule has 35 heavy (non-hydrogen) atoms. The summed E-state index contributed by atoms with van der Waals surface area (Å²) in [6, 6.07) is 11.2. The number of nitrogens with zero attached hydrogens (tertiary/aromatic N) is 1. The second-order valence-electron chi connectivity index (χ2n) is 8.68. The van der Waals surface area contributed by atoms with Gasteiger partial charge in [0.15, 0.2) is 0 Å². The molecule has 7 nitrogen and oxygen atoms in total. The SMILES string of the molecule is CCc1cccc(C2(C(=O)O)C=CC(C)=C(C(=O)O)C2)c1COc1ccc(C(C)=NOC)cc1C. The molecule has 1 unspecified atom stereocenters. The maximum atomic E-state index is 12.7. The number of aliphatic carboxylic acids is 2. The summed E-state index contributed by atoms with van der Waals surface area (Å²) in [6.45, 7) is 7.62. The third-order valence-electron chi connectivity index (χ3n) is 6.52. The number of carbonyl (C=O) groups is 2. The lowest BCUT2D eigenvalue weighted by molar-refractivity contribution is -0.142. The van der Waals surface area contributed by atoms with Gasteiger partial charge in [0, 0.05) is 12.0 Å². The van der Waals surface area contributed by atoms with Gasteiger partial charge in [0.25, 0.3) is 0 Å². The molecule has 2 N–H and O–H groups in total. The Balaban J connectivity index is 2.03. The highest BCUT2D eigenvalue weighted by Crippen LogP contribution is 2.41. The van der Waals surface area contributed by atoms with Gasteiger partial charge in [0.05, 0.1) is 5.71 Å². The molecule has 1 aliphatic rings. The van der Waals surface area contributed by atoms with Gasteiger partial charge < -0.3 is 19.8 Å². The molecule has 0 radical (unpaired) electrons. The molecule has 0 bridgehead atoms. The highest BCUT2D eigenvalue weighted by Gasteiger charge is 2.44. The van der Waals surface area contributed by atoms with E-state index in [2.05, 4.69) is 5.16 Å². The number of carboxylic acids is 2. The van der Waals surface area contributed by atoms with Crippen LogP contribution in [0.15, 0.2) is 64.9 Å². The standard InChI is InChI=1S/C28H31NO6/c1-6-20-8-7-9-24(28(27(32)33)13-12-17(2)22(15-28)26(30)31)23(20)16-35-25-11-10-21(14-18(25)3)19(4)29-34-5/h7-14H,6,15-16H2,1-5H3,(H,30,31)(H,32,33). The number of hydrogen-bond donors (Lipinski definition) is 2. The van der Waals surface area contributed by atoms with E-state index >= 15 is 0 Å². The van der Waals surface area contributed by atoms with Crippen molar-refractivity contribution < 1.29 is 29.4 Å². The number of carboxylic acid groups (broad SMARTS) is 2. The molecule has 1 aliphatic carbocycles. The Kier molecular flexibility index (Phi) is 7.79. The molecule has 7 heteroatoms. The maximum absolute atomic E-state index is 12.7. The predicted molar refractivity (Wildman–Crippen MR) is 134 cm³/mol. The molecular weight excluding hydrogens is 446 g/mol. The summed E-state index contributed by atoms with van der Waals surface area (Å²) in [7, 11) is 1.50. The van der Waals surface area contributed by atoms with Gasteiger partial charge in [-0.1, -0.05) is 42.4 Å². The highest BCUT2D eigenvalue weighted by molar-refractivity contribution is 5.98. The smallest absolute Gasteiger partial charge is 0.331 e. The van der Waals surface area contributed by atoms with E-state index in [1.54, 1.807) is 25.1 Å². The Morgan fingerprint density at radius 2 is 1.89 bits per heavy atom. The van der Waals surface area contributed by atoms with E-state index < -0.39 is 17.4 Å². The van der Waals surface area contributed by atoms with Crippen molar-refractivity contribution in [1.29, 1.82) is 0 Å². The van der Waals surface area contributed by atoms with E-state index in [9.17, 15) is 19.8 Å². The Hall–Kier alpha value is -3.87. The van der Waals surface area contributed by atoms with Crippen LogP contribution < -0.4 is 4.74 Å². The fourth-order valence-electron chi connectivity index (χ4n) is 4.47. The molecule has 0 fully saturated rings. The Morgan fingerprint density at radius 1 is 1.14 bits per heavy atom. The van der Waals surface area contributed by atoms with Gasteiger partial charge in [-0.2, -0.15) is 0 Å². The van der Waals surface area contributed by atoms with Crippen LogP contribution in [0.2, 0.25) is 0 Å². The summed E-state index contributed by atoms with van der Waals surface area (Å²) in [6.07, 6.45) is 3.74. The second kappa shape index (κ2) is 10.6. The summed E-state index contributed by atoms with van der Waals surface area (Å²) in [5.74, 6) is -1.53. The molecule has 2 aromatic rings.